The number of carbonyl (C=O) groups excluding carboxylic acids is 3. The van der Waals surface area contributed by atoms with Crippen molar-refractivity contribution in [2.45, 2.75) is 58.4 Å². The van der Waals surface area contributed by atoms with Gasteiger partial charge >= 0.3 is 5.91 Å². The van der Waals surface area contributed by atoms with Crippen molar-refractivity contribution in [2.24, 2.45) is 16.9 Å². The number of rotatable bonds is 8. The van der Waals surface area contributed by atoms with E-state index in [9.17, 15) is 14.4 Å². The second kappa shape index (κ2) is 10.6. The van der Waals surface area contributed by atoms with Crippen molar-refractivity contribution >= 4 is 23.8 Å². The van der Waals surface area contributed by atoms with Gasteiger partial charge in [0.25, 0.3) is 0 Å². The molecule has 1 atom stereocenters. The molecule has 0 aromatic heterocycles. The van der Waals surface area contributed by atoms with Crippen molar-refractivity contribution in [3.05, 3.63) is 35.9 Å². The first kappa shape index (κ1) is 20.8. The van der Waals surface area contributed by atoms with E-state index in [2.05, 4.69) is 15.8 Å². The van der Waals surface area contributed by atoms with E-state index in [1.165, 1.54) is 6.21 Å². The summed E-state index contributed by atoms with van der Waals surface area (Å²) < 4.78 is 0. The number of amides is 2. The average molecular weight is 371 g/mol. The Morgan fingerprint density at radius 2 is 1.78 bits per heavy atom. The predicted octanol–water partition coefficient (Wildman–Crippen LogP) is 2.82. The van der Waals surface area contributed by atoms with Crippen LogP contribution in [0.4, 0.5) is 0 Å². The van der Waals surface area contributed by atoms with Gasteiger partial charge in [-0.1, -0.05) is 63.4 Å². The lowest BCUT2D eigenvalue weighted by Gasteiger charge is -2.24. The van der Waals surface area contributed by atoms with Crippen molar-refractivity contribution < 1.29 is 14.4 Å². The summed E-state index contributed by atoms with van der Waals surface area (Å²) in [5, 5.41) is 6.64. The maximum Gasteiger partial charge on any atom is 0.309 e. The maximum absolute atomic E-state index is 12.5. The van der Waals surface area contributed by atoms with Gasteiger partial charge in [-0.05, 0) is 30.7 Å². The Kier molecular flexibility index (Phi) is 8.17. The summed E-state index contributed by atoms with van der Waals surface area (Å²) in [5.41, 5.74) is 3.08. The monoisotopic (exact) mass is 371 g/mol. The molecule has 1 saturated carbocycles. The van der Waals surface area contributed by atoms with Crippen LogP contribution in [-0.4, -0.2) is 29.9 Å². The molecule has 2 rings (SSSR count). The van der Waals surface area contributed by atoms with Crippen LogP contribution in [-0.2, 0) is 14.4 Å². The van der Waals surface area contributed by atoms with Gasteiger partial charge in [0.2, 0.25) is 11.7 Å². The second-order valence-electron chi connectivity index (χ2n) is 7.50. The van der Waals surface area contributed by atoms with Gasteiger partial charge < -0.3 is 5.32 Å². The van der Waals surface area contributed by atoms with Gasteiger partial charge in [-0.3, -0.25) is 14.4 Å². The SMILES string of the molecule is CC(C)C[C@H](NC(=O)C1CCCCC1)C(=O)C(=O)NN=Cc1ccccc1. The molecule has 27 heavy (non-hydrogen) atoms. The molecule has 0 unspecified atom stereocenters. The highest BCUT2D eigenvalue weighted by atomic mass is 16.2. The van der Waals surface area contributed by atoms with Crippen LogP contribution < -0.4 is 10.7 Å². The number of hydrogen-bond donors (Lipinski definition) is 2. The molecule has 1 fully saturated rings. The number of carbonyl (C=O) groups is 3. The van der Waals surface area contributed by atoms with Crippen LogP contribution in [0.2, 0.25) is 0 Å². The number of ketones is 1. The molecule has 1 aromatic carbocycles. The fourth-order valence-corrected chi connectivity index (χ4v) is 3.28. The molecule has 2 N–H and O–H groups in total. The lowest BCUT2D eigenvalue weighted by atomic mass is 9.88. The lowest BCUT2D eigenvalue weighted by Crippen LogP contribution is -2.49. The van der Waals surface area contributed by atoms with Crippen LogP contribution in [0.5, 0.6) is 0 Å². The van der Waals surface area contributed by atoms with Crippen LogP contribution in [0.1, 0.15) is 57.9 Å². The van der Waals surface area contributed by atoms with Gasteiger partial charge in [0.05, 0.1) is 12.3 Å². The fraction of sp³-hybridized carbons (Fsp3) is 0.524. The van der Waals surface area contributed by atoms with E-state index in [-0.39, 0.29) is 17.7 Å². The molecule has 0 heterocycles. The number of benzene rings is 1. The van der Waals surface area contributed by atoms with Gasteiger partial charge in [0, 0.05) is 5.92 Å². The van der Waals surface area contributed by atoms with Crippen molar-refractivity contribution in [3.8, 4) is 0 Å². The van der Waals surface area contributed by atoms with Gasteiger partial charge in [0.1, 0.15) is 0 Å². The maximum atomic E-state index is 12.5. The first-order valence-corrected chi connectivity index (χ1v) is 9.70. The molecule has 0 bridgehead atoms. The Morgan fingerprint density at radius 3 is 2.41 bits per heavy atom. The molecule has 1 aliphatic carbocycles. The minimum atomic E-state index is -0.814. The molecule has 1 aromatic rings. The summed E-state index contributed by atoms with van der Waals surface area (Å²) in [4.78, 5) is 37.2. The third-order valence-electron chi connectivity index (χ3n) is 4.72. The molecular formula is C21H29N3O3. The fourth-order valence-electron chi connectivity index (χ4n) is 3.28. The molecule has 0 aliphatic heterocycles. The Balaban J connectivity index is 1.94. The zero-order chi connectivity index (χ0) is 19.6. The molecule has 2 amide bonds. The van der Waals surface area contributed by atoms with Crippen molar-refractivity contribution in [3.63, 3.8) is 0 Å². The highest BCUT2D eigenvalue weighted by molar-refractivity contribution is 6.38. The minimum absolute atomic E-state index is 0.0552. The summed E-state index contributed by atoms with van der Waals surface area (Å²) in [7, 11) is 0. The van der Waals surface area contributed by atoms with Gasteiger partial charge in [0.15, 0.2) is 0 Å². The average Bonchev–Trinajstić information content (AvgIpc) is 2.68. The quantitative estimate of drug-likeness (QED) is 0.418. The van der Waals surface area contributed by atoms with E-state index < -0.39 is 17.7 Å². The summed E-state index contributed by atoms with van der Waals surface area (Å²) in [6.45, 7) is 3.91. The first-order valence-electron chi connectivity index (χ1n) is 9.70. The van der Waals surface area contributed by atoms with Crippen molar-refractivity contribution in [1.82, 2.24) is 10.7 Å². The minimum Gasteiger partial charge on any atom is -0.345 e. The van der Waals surface area contributed by atoms with E-state index in [0.29, 0.717) is 6.42 Å². The number of nitrogens with one attached hydrogen (secondary N) is 2. The summed E-state index contributed by atoms with van der Waals surface area (Å²) in [6, 6.07) is 8.45. The molecule has 1 aliphatic rings. The number of nitrogens with zero attached hydrogens (tertiary/aromatic N) is 1. The van der Waals surface area contributed by atoms with E-state index in [1.54, 1.807) is 0 Å². The highest BCUT2D eigenvalue weighted by Crippen LogP contribution is 2.24. The highest BCUT2D eigenvalue weighted by Gasteiger charge is 2.30. The summed E-state index contributed by atoms with van der Waals surface area (Å²) in [5.74, 6) is -1.46. The van der Waals surface area contributed by atoms with E-state index in [1.807, 2.05) is 44.2 Å². The molecule has 0 saturated heterocycles. The third kappa shape index (κ3) is 6.96. The van der Waals surface area contributed by atoms with Crippen molar-refractivity contribution in [2.75, 3.05) is 0 Å². The van der Waals surface area contributed by atoms with Gasteiger partial charge in [-0.15, -0.1) is 0 Å². The zero-order valence-corrected chi connectivity index (χ0v) is 16.1. The van der Waals surface area contributed by atoms with Crippen molar-refractivity contribution in [1.29, 1.82) is 0 Å². The van der Waals surface area contributed by atoms with Crippen LogP contribution in [0.25, 0.3) is 0 Å². The molecule has 0 radical (unpaired) electrons. The lowest BCUT2D eigenvalue weighted by molar-refractivity contribution is -0.140. The molecule has 0 spiro atoms. The molecular weight excluding hydrogens is 342 g/mol. The van der Waals surface area contributed by atoms with Crippen LogP contribution in [0.15, 0.2) is 35.4 Å². The number of hydrogen-bond acceptors (Lipinski definition) is 4. The zero-order valence-electron chi connectivity index (χ0n) is 16.1. The summed E-state index contributed by atoms with van der Waals surface area (Å²) >= 11 is 0. The van der Waals surface area contributed by atoms with Crippen LogP contribution >= 0.6 is 0 Å². The van der Waals surface area contributed by atoms with E-state index in [4.69, 9.17) is 0 Å². The Morgan fingerprint density at radius 1 is 1.11 bits per heavy atom. The van der Waals surface area contributed by atoms with E-state index in [0.717, 1.165) is 37.7 Å². The van der Waals surface area contributed by atoms with Gasteiger partial charge in [-0.25, -0.2) is 5.43 Å². The topological polar surface area (TPSA) is 87.6 Å². The smallest absolute Gasteiger partial charge is 0.309 e. The van der Waals surface area contributed by atoms with Gasteiger partial charge in [-0.2, -0.15) is 5.10 Å². The van der Waals surface area contributed by atoms with E-state index >= 15 is 0 Å². The number of Topliss-reactive ketones (excluding diaryl/α,β-unsaturated/α-hetero) is 1. The number of hydrazone groups is 1. The standard InChI is InChI=1S/C21H29N3O3/c1-15(2)13-18(23-20(26)17-11-7-4-8-12-17)19(25)21(27)24-22-14-16-9-5-3-6-10-16/h3,5-6,9-10,14-15,17-18H,4,7-8,11-13H2,1-2H3,(H,23,26)(H,24,27)/t18-/m0/s1. The van der Waals surface area contributed by atoms with Crippen LogP contribution in [0.3, 0.4) is 0 Å². The Hall–Kier alpha value is -2.50. The molecule has 6 nitrogen and oxygen atoms in total. The molecule has 6 heteroatoms. The molecule has 146 valence electrons. The summed E-state index contributed by atoms with van der Waals surface area (Å²) in [6.07, 6.45) is 6.82. The first-order chi connectivity index (χ1) is 13.0. The van der Waals surface area contributed by atoms with Crippen LogP contribution in [0, 0.1) is 11.8 Å². The Bertz CT molecular complexity index is 665. The Labute approximate surface area is 160 Å². The third-order valence-corrected chi connectivity index (χ3v) is 4.72. The normalized spacial score (nSPS) is 16.3. The second-order valence-corrected chi connectivity index (χ2v) is 7.50. The largest absolute Gasteiger partial charge is 0.345 e. The predicted molar refractivity (Wildman–Crippen MR) is 105 cm³/mol.